The molecule has 2 rings (SSSR count). The molecule has 1 fully saturated rings. The molecule has 0 radical (unpaired) electrons. The van der Waals surface area contributed by atoms with Gasteiger partial charge in [-0.3, -0.25) is 4.79 Å². The molecule has 0 bridgehead atoms. The summed E-state index contributed by atoms with van der Waals surface area (Å²) < 4.78 is 0. The zero-order valence-corrected chi connectivity index (χ0v) is 11.9. The van der Waals surface area contributed by atoms with E-state index in [4.69, 9.17) is 0 Å². The highest BCUT2D eigenvalue weighted by Crippen LogP contribution is 2.28. The second kappa shape index (κ2) is 5.64. The summed E-state index contributed by atoms with van der Waals surface area (Å²) in [5, 5.41) is 12.5. The molecule has 2 unspecified atom stereocenters. The van der Waals surface area contributed by atoms with Crippen molar-refractivity contribution in [2.45, 2.75) is 46.1 Å². The highest BCUT2D eigenvalue weighted by Gasteiger charge is 2.25. The Morgan fingerprint density at radius 3 is 2.42 bits per heavy atom. The lowest BCUT2D eigenvalue weighted by Crippen LogP contribution is -2.40. The van der Waals surface area contributed by atoms with Crippen molar-refractivity contribution in [1.82, 2.24) is 5.32 Å². The molecular weight excluding hydrogens is 238 g/mol. The highest BCUT2D eigenvalue weighted by molar-refractivity contribution is 5.95. The third kappa shape index (κ3) is 3.49. The van der Waals surface area contributed by atoms with E-state index in [1.54, 1.807) is 18.2 Å². The molecule has 1 aliphatic carbocycles. The number of aromatic hydroxyl groups is 1. The molecule has 0 aliphatic heterocycles. The zero-order valence-electron chi connectivity index (χ0n) is 11.9. The van der Waals surface area contributed by atoms with E-state index in [0.29, 0.717) is 17.4 Å². The van der Waals surface area contributed by atoms with Crippen LogP contribution in [0.25, 0.3) is 0 Å². The summed E-state index contributed by atoms with van der Waals surface area (Å²) in [5.41, 5.74) is 1.47. The number of carbonyl (C=O) groups excluding carboxylic acids is 1. The molecule has 2 N–H and O–H groups in total. The van der Waals surface area contributed by atoms with Crippen LogP contribution in [0.3, 0.4) is 0 Å². The van der Waals surface area contributed by atoms with Crippen LogP contribution in [-0.4, -0.2) is 17.1 Å². The Kier molecular flexibility index (Phi) is 4.13. The predicted molar refractivity (Wildman–Crippen MR) is 76.3 cm³/mol. The predicted octanol–water partition coefficient (Wildman–Crippen LogP) is 3.26. The van der Waals surface area contributed by atoms with Gasteiger partial charge in [0.25, 0.3) is 5.91 Å². The third-order valence-electron chi connectivity index (χ3n) is 3.97. The lowest BCUT2D eigenvalue weighted by Gasteiger charge is -2.32. The molecule has 0 saturated heterocycles. The SMILES string of the molecule is Cc1cc(O)ccc1C(=O)NC1CC(C)CC(C)C1. The smallest absolute Gasteiger partial charge is 0.251 e. The largest absolute Gasteiger partial charge is 0.508 e. The lowest BCUT2D eigenvalue weighted by atomic mass is 9.80. The number of phenolic OH excluding ortho intramolecular Hbond substituents is 1. The zero-order chi connectivity index (χ0) is 14.0. The van der Waals surface area contributed by atoms with Gasteiger partial charge in [-0.15, -0.1) is 0 Å². The molecular formula is C16H23NO2. The van der Waals surface area contributed by atoms with E-state index in [-0.39, 0.29) is 17.7 Å². The Morgan fingerprint density at radius 1 is 1.21 bits per heavy atom. The molecule has 3 nitrogen and oxygen atoms in total. The minimum atomic E-state index is -0.0243. The molecule has 0 aromatic heterocycles. The molecule has 104 valence electrons. The van der Waals surface area contributed by atoms with Crippen LogP contribution in [0.1, 0.15) is 49.0 Å². The number of benzene rings is 1. The number of nitrogens with one attached hydrogen (secondary N) is 1. The average Bonchev–Trinajstić information content (AvgIpc) is 2.26. The number of amides is 1. The first-order chi connectivity index (χ1) is 8.95. The van der Waals surface area contributed by atoms with Gasteiger partial charge in [-0.1, -0.05) is 13.8 Å². The minimum Gasteiger partial charge on any atom is -0.508 e. The first-order valence-corrected chi connectivity index (χ1v) is 7.06. The Hall–Kier alpha value is -1.51. The maximum atomic E-state index is 12.3. The number of phenols is 1. The molecule has 0 heterocycles. The van der Waals surface area contributed by atoms with E-state index in [2.05, 4.69) is 19.2 Å². The fourth-order valence-electron chi connectivity index (χ4n) is 3.23. The lowest BCUT2D eigenvalue weighted by molar-refractivity contribution is 0.0910. The maximum absolute atomic E-state index is 12.3. The summed E-state index contributed by atoms with van der Waals surface area (Å²) in [4.78, 5) is 12.3. The van der Waals surface area contributed by atoms with Crippen molar-refractivity contribution in [3.63, 3.8) is 0 Å². The molecule has 3 heteroatoms. The summed E-state index contributed by atoms with van der Waals surface area (Å²) in [6.45, 7) is 6.35. The second-order valence-electron chi connectivity index (χ2n) is 6.09. The van der Waals surface area contributed by atoms with Crippen molar-refractivity contribution in [2.75, 3.05) is 0 Å². The second-order valence-corrected chi connectivity index (χ2v) is 6.09. The Labute approximate surface area is 115 Å². The quantitative estimate of drug-likeness (QED) is 0.858. The number of hydrogen-bond acceptors (Lipinski definition) is 2. The normalized spacial score (nSPS) is 27.0. The van der Waals surface area contributed by atoms with Crippen LogP contribution in [0, 0.1) is 18.8 Å². The van der Waals surface area contributed by atoms with Crippen molar-refractivity contribution >= 4 is 5.91 Å². The van der Waals surface area contributed by atoms with E-state index in [1.165, 1.54) is 6.42 Å². The fourth-order valence-corrected chi connectivity index (χ4v) is 3.23. The van der Waals surface area contributed by atoms with E-state index >= 15 is 0 Å². The van der Waals surface area contributed by atoms with Crippen LogP contribution in [-0.2, 0) is 0 Å². The molecule has 1 saturated carbocycles. The molecule has 1 amide bonds. The van der Waals surface area contributed by atoms with Gasteiger partial charge in [0.05, 0.1) is 0 Å². The molecule has 1 aliphatic rings. The van der Waals surface area contributed by atoms with Crippen LogP contribution in [0.5, 0.6) is 5.75 Å². The first kappa shape index (κ1) is 13.9. The molecule has 1 aromatic rings. The fraction of sp³-hybridized carbons (Fsp3) is 0.562. The minimum absolute atomic E-state index is 0.0243. The van der Waals surface area contributed by atoms with Gasteiger partial charge >= 0.3 is 0 Å². The van der Waals surface area contributed by atoms with Crippen molar-refractivity contribution < 1.29 is 9.90 Å². The number of hydrogen-bond donors (Lipinski definition) is 2. The van der Waals surface area contributed by atoms with Gasteiger partial charge < -0.3 is 10.4 Å². The third-order valence-corrected chi connectivity index (χ3v) is 3.97. The van der Waals surface area contributed by atoms with E-state index in [1.807, 2.05) is 6.92 Å². The van der Waals surface area contributed by atoms with E-state index in [0.717, 1.165) is 18.4 Å². The van der Waals surface area contributed by atoms with Crippen molar-refractivity contribution in [1.29, 1.82) is 0 Å². The monoisotopic (exact) mass is 261 g/mol. The van der Waals surface area contributed by atoms with Crippen LogP contribution >= 0.6 is 0 Å². The summed E-state index contributed by atoms with van der Waals surface area (Å²) in [7, 11) is 0. The van der Waals surface area contributed by atoms with Crippen molar-refractivity contribution in [3.8, 4) is 5.75 Å². The standard InChI is InChI=1S/C16H23NO2/c1-10-6-11(2)8-13(7-10)17-16(19)15-5-4-14(18)9-12(15)3/h4-5,9-11,13,18H,6-8H2,1-3H3,(H,17,19). The Balaban J connectivity index is 2.04. The van der Waals surface area contributed by atoms with Gasteiger partial charge in [-0.05, 0) is 61.8 Å². The topological polar surface area (TPSA) is 49.3 Å². The molecule has 1 aromatic carbocycles. The number of rotatable bonds is 2. The van der Waals surface area contributed by atoms with Gasteiger partial charge in [0.15, 0.2) is 0 Å². The highest BCUT2D eigenvalue weighted by atomic mass is 16.3. The van der Waals surface area contributed by atoms with Crippen LogP contribution in [0.4, 0.5) is 0 Å². The van der Waals surface area contributed by atoms with Crippen LogP contribution in [0.2, 0.25) is 0 Å². The Morgan fingerprint density at radius 2 is 1.84 bits per heavy atom. The van der Waals surface area contributed by atoms with E-state index in [9.17, 15) is 9.90 Å². The van der Waals surface area contributed by atoms with Gasteiger partial charge in [0.2, 0.25) is 0 Å². The summed E-state index contributed by atoms with van der Waals surface area (Å²) in [6, 6.07) is 5.16. The van der Waals surface area contributed by atoms with Crippen LogP contribution < -0.4 is 5.32 Å². The summed E-state index contributed by atoms with van der Waals surface area (Å²) in [5.74, 6) is 1.53. The van der Waals surface area contributed by atoms with Crippen LogP contribution in [0.15, 0.2) is 18.2 Å². The summed E-state index contributed by atoms with van der Waals surface area (Å²) >= 11 is 0. The molecule has 2 atom stereocenters. The van der Waals surface area contributed by atoms with Gasteiger partial charge in [-0.2, -0.15) is 0 Å². The molecule has 19 heavy (non-hydrogen) atoms. The average molecular weight is 261 g/mol. The first-order valence-electron chi connectivity index (χ1n) is 7.06. The van der Waals surface area contributed by atoms with Gasteiger partial charge in [-0.25, -0.2) is 0 Å². The van der Waals surface area contributed by atoms with Gasteiger partial charge in [0, 0.05) is 11.6 Å². The van der Waals surface area contributed by atoms with Crippen molar-refractivity contribution in [2.24, 2.45) is 11.8 Å². The molecule has 0 spiro atoms. The van der Waals surface area contributed by atoms with Gasteiger partial charge in [0.1, 0.15) is 5.75 Å². The Bertz CT molecular complexity index is 460. The van der Waals surface area contributed by atoms with Crippen molar-refractivity contribution in [3.05, 3.63) is 29.3 Å². The van der Waals surface area contributed by atoms with E-state index < -0.39 is 0 Å². The summed E-state index contributed by atoms with van der Waals surface area (Å²) in [6.07, 6.45) is 3.38. The number of carbonyl (C=O) groups is 1. The number of aryl methyl sites for hydroxylation is 1. The maximum Gasteiger partial charge on any atom is 0.251 e.